The summed E-state index contributed by atoms with van der Waals surface area (Å²) >= 11 is 16.7. The summed E-state index contributed by atoms with van der Waals surface area (Å²) < 4.78 is -1.55. The predicted octanol–water partition coefficient (Wildman–Crippen LogP) is 3.07. The molecule has 70 valence electrons. The molecule has 1 rings (SSSR count). The van der Waals surface area contributed by atoms with E-state index in [1.807, 2.05) is 6.08 Å². The van der Waals surface area contributed by atoms with E-state index in [1.54, 1.807) is 0 Å². The lowest BCUT2D eigenvalue weighted by molar-refractivity contribution is 0.105. The number of alkyl halides is 3. The van der Waals surface area contributed by atoms with Crippen molar-refractivity contribution >= 4 is 34.8 Å². The molecule has 2 atom stereocenters. The molecule has 1 aliphatic carbocycles. The van der Waals surface area contributed by atoms with Crippen LogP contribution in [0.4, 0.5) is 0 Å². The molecular formula is C8H11Cl3O. The Balaban J connectivity index is 2.52. The van der Waals surface area contributed by atoms with E-state index in [4.69, 9.17) is 34.8 Å². The number of halogens is 3. The lowest BCUT2D eigenvalue weighted by Gasteiger charge is -2.28. The van der Waals surface area contributed by atoms with Crippen LogP contribution in [0.25, 0.3) is 0 Å². The summed E-state index contributed by atoms with van der Waals surface area (Å²) in [6, 6.07) is 0. The van der Waals surface area contributed by atoms with Crippen molar-refractivity contribution in [2.24, 2.45) is 5.92 Å². The standard InChI is InChI=1S/C8H11Cl3O/c9-8(10,11)7(12)6-4-2-1-3-5-6/h1-2,6-7,12H,3-5H2. The molecule has 0 amide bonds. The molecule has 0 bridgehead atoms. The van der Waals surface area contributed by atoms with Gasteiger partial charge in [-0.15, -0.1) is 0 Å². The Labute approximate surface area is 87.3 Å². The van der Waals surface area contributed by atoms with Crippen LogP contribution in [-0.2, 0) is 0 Å². The van der Waals surface area contributed by atoms with Gasteiger partial charge in [-0.25, -0.2) is 0 Å². The fourth-order valence-corrected chi connectivity index (χ4v) is 1.91. The molecule has 1 N–H and O–H groups in total. The van der Waals surface area contributed by atoms with Crippen molar-refractivity contribution in [3.8, 4) is 0 Å². The molecule has 0 radical (unpaired) electrons. The van der Waals surface area contributed by atoms with Crippen molar-refractivity contribution in [2.45, 2.75) is 29.2 Å². The highest BCUT2D eigenvalue weighted by Gasteiger charge is 2.36. The Bertz CT molecular complexity index is 174. The molecule has 0 aliphatic heterocycles. The van der Waals surface area contributed by atoms with Crippen LogP contribution >= 0.6 is 34.8 Å². The quantitative estimate of drug-likeness (QED) is 0.541. The van der Waals surface area contributed by atoms with Crippen LogP contribution < -0.4 is 0 Å². The summed E-state index contributed by atoms with van der Waals surface area (Å²) in [5.41, 5.74) is 0. The Morgan fingerprint density at radius 1 is 1.33 bits per heavy atom. The van der Waals surface area contributed by atoms with Crippen molar-refractivity contribution in [1.82, 2.24) is 0 Å². The van der Waals surface area contributed by atoms with E-state index in [2.05, 4.69) is 6.08 Å². The average molecular weight is 230 g/mol. The molecule has 2 unspecified atom stereocenters. The lowest BCUT2D eigenvalue weighted by atomic mass is 9.90. The SMILES string of the molecule is OC(C1CC=CCC1)C(Cl)(Cl)Cl. The monoisotopic (exact) mass is 228 g/mol. The van der Waals surface area contributed by atoms with Crippen molar-refractivity contribution < 1.29 is 5.11 Å². The van der Waals surface area contributed by atoms with E-state index in [9.17, 15) is 5.11 Å². The minimum Gasteiger partial charge on any atom is -0.388 e. The molecule has 1 aliphatic rings. The van der Waals surface area contributed by atoms with Crippen molar-refractivity contribution in [2.75, 3.05) is 0 Å². The number of hydrogen-bond acceptors (Lipinski definition) is 1. The smallest absolute Gasteiger partial charge is 0.216 e. The number of rotatable bonds is 1. The maximum Gasteiger partial charge on any atom is 0.216 e. The third-order valence-electron chi connectivity index (χ3n) is 2.09. The second-order valence-electron chi connectivity index (χ2n) is 3.03. The summed E-state index contributed by atoms with van der Waals surface area (Å²) in [6.45, 7) is 0. The molecule has 12 heavy (non-hydrogen) atoms. The second-order valence-corrected chi connectivity index (χ2v) is 5.40. The van der Waals surface area contributed by atoms with Crippen LogP contribution in [0.5, 0.6) is 0 Å². The minimum atomic E-state index is -1.55. The van der Waals surface area contributed by atoms with E-state index < -0.39 is 9.90 Å². The van der Waals surface area contributed by atoms with Gasteiger partial charge in [0, 0.05) is 0 Å². The second kappa shape index (κ2) is 4.19. The number of aliphatic hydroxyl groups excluding tert-OH is 1. The molecule has 0 fully saturated rings. The van der Waals surface area contributed by atoms with Crippen LogP contribution in [0.2, 0.25) is 0 Å². The summed E-state index contributed by atoms with van der Waals surface area (Å²) in [5, 5.41) is 9.58. The molecule has 0 spiro atoms. The molecule has 4 heteroatoms. The molecule has 1 nitrogen and oxygen atoms in total. The molecule has 0 saturated carbocycles. The van der Waals surface area contributed by atoms with Gasteiger partial charge in [0.25, 0.3) is 0 Å². The molecule has 0 saturated heterocycles. The van der Waals surface area contributed by atoms with Gasteiger partial charge in [0.2, 0.25) is 3.79 Å². The van der Waals surface area contributed by atoms with Gasteiger partial charge in [0.1, 0.15) is 6.10 Å². The molecule has 0 aromatic carbocycles. The summed E-state index contributed by atoms with van der Waals surface area (Å²) in [6.07, 6.45) is 5.91. The van der Waals surface area contributed by atoms with Crippen LogP contribution in [-0.4, -0.2) is 15.0 Å². The van der Waals surface area contributed by atoms with Gasteiger partial charge in [-0.1, -0.05) is 47.0 Å². The third-order valence-corrected chi connectivity index (χ3v) is 2.76. The van der Waals surface area contributed by atoms with Crippen molar-refractivity contribution in [3.63, 3.8) is 0 Å². The van der Waals surface area contributed by atoms with E-state index >= 15 is 0 Å². The highest BCUT2D eigenvalue weighted by molar-refractivity contribution is 6.68. The lowest BCUT2D eigenvalue weighted by Crippen LogP contribution is -2.33. The Kier molecular flexibility index (Phi) is 3.72. The van der Waals surface area contributed by atoms with Crippen LogP contribution in [0.3, 0.4) is 0 Å². The Morgan fingerprint density at radius 3 is 2.42 bits per heavy atom. The van der Waals surface area contributed by atoms with E-state index in [0.717, 1.165) is 19.3 Å². The predicted molar refractivity (Wildman–Crippen MR) is 52.8 cm³/mol. The fourth-order valence-electron chi connectivity index (χ4n) is 1.37. The van der Waals surface area contributed by atoms with Gasteiger partial charge in [0.05, 0.1) is 0 Å². The van der Waals surface area contributed by atoms with Gasteiger partial charge < -0.3 is 5.11 Å². The third kappa shape index (κ3) is 2.81. The van der Waals surface area contributed by atoms with Crippen LogP contribution in [0, 0.1) is 5.92 Å². The normalized spacial score (nSPS) is 27.2. The highest BCUT2D eigenvalue weighted by Crippen LogP contribution is 2.37. The Hall–Kier alpha value is 0.570. The van der Waals surface area contributed by atoms with Gasteiger partial charge in [-0.3, -0.25) is 0 Å². The maximum absolute atomic E-state index is 9.58. The zero-order valence-corrected chi connectivity index (χ0v) is 8.78. The van der Waals surface area contributed by atoms with Crippen LogP contribution in [0.15, 0.2) is 12.2 Å². The van der Waals surface area contributed by atoms with Gasteiger partial charge >= 0.3 is 0 Å². The Morgan fingerprint density at radius 2 is 2.00 bits per heavy atom. The zero-order chi connectivity index (χ0) is 9.19. The van der Waals surface area contributed by atoms with E-state index in [-0.39, 0.29) is 5.92 Å². The first kappa shape index (κ1) is 10.6. The largest absolute Gasteiger partial charge is 0.388 e. The molecule has 0 aromatic rings. The zero-order valence-electron chi connectivity index (χ0n) is 6.51. The van der Waals surface area contributed by atoms with Crippen LogP contribution in [0.1, 0.15) is 19.3 Å². The molecule has 0 aromatic heterocycles. The van der Waals surface area contributed by atoms with Crippen molar-refractivity contribution in [1.29, 1.82) is 0 Å². The summed E-state index contributed by atoms with van der Waals surface area (Å²) in [5.74, 6) is 0.0856. The van der Waals surface area contributed by atoms with Gasteiger partial charge in [-0.2, -0.15) is 0 Å². The van der Waals surface area contributed by atoms with Crippen molar-refractivity contribution in [3.05, 3.63) is 12.2 Å². The maximum atomic E-state index is 9.58. The fraction of sp³-hybridized carbons (Fsp3) is 0.750. The van der Waals surface area contributed by atoms with E-state index in [1.165, 1.54) is 0 Å². The number of aliphatic hydroxyl groups is 1. The first-order valence-electron chi connectivity index (χ1n) is 3.91. The van der Waals surface area contributed by atoms with Gasteiger partial charge in [-0.05, 0) is 25.2 Å². The number of hydrogen-bond donors (Lipinski definition) is 1. The number of allylic oxidation sites excluding steroid dienone is 2. The molecule has 0 heterocycles. The summed E-state index contributed by atoms with van der Waals surface area (Å²) in [4.78, 5) is 0. The van der Waals surface area contributed by atoms with Gasteiger partial charge in [0.15, 0.2) is 0 Å². The summed E-state index contributed by atoms with van der Waals surface area (Å²) in [7, 11) is 0. The first-order valence-corrected chi connectivity index (χ1v) is 5.05. The average Bonchev–Trinajstić information content (AvgIpc) is 2.03. The highest BCUT2D eigenvalue weighted by atomic mass is 35.6. The first-order chi connectivity index (χ1) is 5.52. The topological polar surface area (TPSA) is 20.2 Å². The molecular weight excluding hydrogens is 218 g/mol. The minimum absolute atomic E-state index is 0.0856. The van der Waals surface area contributed by atoms with E-state index in [0.29, 0.717) is 0 Å².